The quantitative estimate of drug-likeness (QED) is 0.862. The molecule has 1 heterocycles. The largest absolute Gasteiger partial charge is 0.308 e. The Bertz CT molecular complexity index is 515. The van der Waals surface area contributed by atoms with E-state index in [0.29, 0.717) is 11.6 Å². The van der Waals surface area contributed by atoms with Gasteiger partial charge in [0.05, 0.1) is 0 Å². The molecule has 0 amide bonds. The zero-order valence-corrected chi connectivity index (χ0v) is 12.0. The normalized spacial score (nSPS) is 10.8. The van der Waals surface area contributed by atoms with E-state index in [-0.39, 0.29) is 5.82 Å². The zero-order valence-electron chi connectivity index (χ0n) is 8.84. The lowest BCUT2D eigenvalue weighted by Gasteiger charge is -2.05. The number of thiophene rings is 1. The summed E-state index contributed by atoms with van der Waals surface area (Å²) in [6.07, 6.45) is 0. The first-order valence-electron chi connectivity index (χ1n) is 5.03. The summed E-state index contributed by atoms with van der Waals surface area (Å²) in [5.41, 5.74) is 0.906. The number of hydrogen-bond acceptors (Lipinski definition) is 2. The molecule has 5 heteroatoms. The maximum absolute atomic E-state index is 12.8. The molecule has 2 rings (SSSR count). The fourth-order valence-electron chi connectivity index (χ4n) is 1.43. The molecular weight excluding hydrogens is 325 g/mol. The van der Waals surface area contributed by atoms with Gasteiger partial charge >= 0.3 is 0 Å². The van der Waals surface area contributed by atoms with Gasteiger partial charge in [-0.3, -0.25) is 0 Å². The number of halogens is 3. The Morgan fingerprint density at radius 3 is 2.76 bits per heavy atom. The van der Waals surface area contributed by atoms with Crippen LogP contribution in [0.4, 0.5) is 4.39 Å². The summed E-state index contributed by atoms with van der Waals surface area (Å²) < 4.78 is 13.9. The fourth-order valence-corrected chi connectivity index (χ4v) is 3.09. The fraction of sp³-hybridized carbons (Fsp3) is 0.167. The maximum Gasteiger partial charge on any atom is 0.124 e. The lowest BCUT2D eigenvalue weighted by atomic mass is 10.2. The van der Waals surface area contributed by atoms with E-state index in [9.17, 15) is 4.39 Å². The highest BCUT2D eigenvalue weighted by Crippen LogP contribution is 2.20. The molecule has 0 saturated carbocycles. The third-order valence-electron chi connectivity index (χ3n) is 2.25. The van der Waals surface area contributed by atoms with Gasteiger partial charge in [0.15, 0.2) is 0 Å². The van der Waals surface area contributed by atoms with Gasteiger partial charge in [0, 0.05) is 32.8 Å². The van der Waals surface area contributed by atoms with Crippen LogP contribution in [0.25, 0.3) is 0 Å². The molecule has 0 saturated heterocycles. The molecular formula is C12H10BrClFNS. The average molecular weight is 335 g/mol. The molecule has 1 aromatic carbocycles. The second-order valence-electron chi connectivity index (χ2n) is 3.57. The van der Waals surface area contributed by atoms with Crippen LogP contribution < -0.4 is 5.32 Å². The van der Waals surface area contributed by atoms with E-state index in [1.807, 2.05) is 5.38 Å². The molecule has 2 aromatic rings. The third-order valence-corrected chi connectivity index (χ3v) is 4.30. The predicted octanol–water partition coefficient (Wildman–Crippen LogP) is 4.59. The molecule has 1 N–H and O–H groups in total. The minimum atomic E-state index is -0.305. The molecule has 0 spiro atoms. The number of benzene rings is 1. The Labute approximate surface area is 117 Å². The highest BCUT2D eigenvalue weighted by Gasteiger charge is 2.02. The Kier molecular flexibility index (Phi) is 4.56. The van der Waals surface area contributed by atoms with Crippen molar-refractivity contribution in [1.29, 1.82) is 0 Å². The summed E-state index contributed by atoms with van der Waals surface area (Å²) in [6, 6.07) is 6.53. The van der Waals surface area contributed by atoms with E-state index in [1.165, 1.54) is 17.0 Å². The average Bonchev–Trinajstić information content (AvgIpc) is 2.68. The van der Waals surface area contributed by atoms with E-state index in [2.05, 4.69) is 27.3 Å². The van der Waals surface area contributed by atoms with Gasteiger partial charge in [0.1, 0.15) is 5.82 Å². The van der Waals surface area contributed by atoms with Crippen LogP contribution in [0.3, 0.4) is 0 Å². The van der Waals surface area contributed by atoms with Crippen molar-refractivity contribution in [3.63, 3.8) is 0 Å². The Morgan fingerprint density at radius 2 is 2.12 bits per heavy atom. The van der Waals surface area contributed by atoms with Crippen LogP contribution in [0.2, 0.25) is 5.02 Å². The SMILES string of the molecule is Fc1ccc(CNCc2cc(Br)cs2)c(Cl)c1. The van der Waals surface area contributed by atoms with Crippen LogP contribution in [0, 0.1) is 5.82 Å². The van der Waals surface area contributed by atoms with Crippen LogP contribution in [0.15, 0.2) is 34.1 Å². The highest BCUT2D eigenvalue weighted by molar-refractivity contribution is 9.10. The van der Waals surface area contributed by atoms with E-state index in [0.717, 1.165) is 16.6 Å². The Hall–Kier alpha value is -0.420. The van der Waals surface area contributed by atoms with Crippen LogP contribution >= 0.6 is 38.9 Å². The van der Waals surface area contributed by atoms with Crippen LogP contribution in [-0.2, 0) is 13.1 Å². The topological polar surface area (TPSA) is 12.0 Å². The predicted molar refractivity (Wildman–Crippen MR) is 74.0 cm³/mol. The van der Waals surface area contributed by atoms with Crippen molar-refractivity contribution in [2.45, 2.75) is 13.1 Å². The van der Waals surface area contributed by atoms with E-state index in [4.69, 9.17) is 11.6 Å². The van der Waals surface area contributed by atoms with Crippen molar-refractivity contribution >= 4 is 38.9 Å². The molecule has 0 fully saturated rings. The molecule has 90 valence electrons. The van der Waals surface area contributed by atoms with Gasteiger partial charge in [0.25, 0.3) is 0 Å². The Morgan fingerprint density at radius 1 is 1.29 bits per heavy atom. The molecule has 17 heavy (non-hydrogen) atoms. The first-order valence-corrected chi connectivity index (χ1v) is 7.08. The van der Waals surface area contributed by atoms with Crippen molar-refractivity contribution in [3.05, 3.63) is 55.4 Å². The summed E-state index contributed by atoms with van der Waals surface area (Å²) in [5.74, 6) is -0.305. The minimum Gasteiger partial charge on any atom is -0.308 e. The second-order valence-corrected chi connectivity index (χ2v) is 5.89. The van der Waals surface area contributed by atoms with Gasteiger partial charge in [-0.05, 0) is 39.7 Å². The van der Waals surface area contributed by atoms with Crippen molar-refractivity contribution in [1.82, 2.24) is 5.32 Å². The molecule has 0 aliphatic heterocycles. The summed E-state index contributed by atoms with van der Waals surface area (Å²) in [6.45, 7) is 1.42. The van der Waals surface area contributed by atoms with E-state index in [1.54, 1.807) is 17.4 Å². The zero-order chi connectivity index (χ0) is 12.3. The van der Waals surface area contributed by atoms with Crippen molar-refractivity contribution in [2.75, 3.05) is 0 Å². The smallest absolute Gasteiger partial charge is 0.124 e. The monoisotopic (exact) mass is 333 g/mol. The summed E-state index contributed by atoms with van der Waals surface area (Å²) in [4.78, 5) is 1.25. The summed E-state index contributed by atoms with van der Waals surface area (Å²) in [7, 11) is 0. The van der Waals surface area contributed by atoms with Gasteiger partial charge in [0.2, 0.25) is 0 Å². The first-order chi connectivity index (χ1) is 8.15. The molecule has 0 aliphatic rings. The van der Waals surface area contributed by atoms with Gasteiger partial charge in [-0.1, -0.05) is 17.7 Å². The number of nitrogens with one attached hydrogen (secondary N) is 1. The molecule has 0 radical (unpaired) electrons. The van der Waals surface area contributed by atoms with E-state index < -0.39 is 0 Å². The number of rotatable bonds is 4. The maximum atomic E-state index is 12.8. The third kappa shape index (κ3) is 3.78. The second kappa shape index (κ2) is 5.96. The summed E-state index contributed by atoms with van der Waals surface area (Å²) >= 11 is 11.0. The summed E-state index contributed by atoms with van der Waals surface area (Å²) in [5, 5.41) is 5.78. The molecule has 0 atom stereocenters. The molecule has 1 nitrogen and oxygen atoms in total. The Balaban J connectivity index is 1.90. The van der Waals surface area contributed by atoms with Crippen molar-refractivity contribution in [2.24, 2.45) is 0 Å². The van der Waals surface area contributed by atoms with Crippen LogP contribution in [0.1, 0.15) is 10.4 Å². The first kappa shape index (κ1) is 13.0. The van der Waals surface area contributed by atoms with Gasteiger partial charge in [-0.25, -0.2) is 4.39 Å². The van der Waals surface area contributed by atoms with Crippen LogP contribution in [0.5, 0.6) is 0 Å². The number of hydrogen-bond donors (Lipinski definition) is 1. The molecule has 0 bridgehead atoms. The standard InChI is InChI=1S/C12H10BrClFNS/c13-9-3-11(17-7-9)6-16-5-8-1-2-10(15)4-12(8)14/h1-4,7,16H,5-6H2. The van der Waals surface area contributed by atoms with E-state index >= 15 is 0 Å². The van der Waals surface area contributed by atoms with Crippen molar-refractivity contribution in [3.8, 4) is 0 Å². The van der Waals surface area contributed by atoms with Gasteiger partial charge in [-0.15, -0.1) is 11.3 Å². The lowest BCUT2D eigenvalue weighted by molar-refractivity contribution is 0.625. The molecule has 0 aliphatic carbocycles. The lowest BCUT2D eigenvalue weighted by Crippen LogP contribution is -2.12. The van der Waals surface area contributed by atoms with Crippen LogP contribution in [-0.4, -0.2) is 0 Å². The van der Waals surface area contributed by atoms with Crippen molar-refractivity contribution < 1.29 is 4.39 Å². The molecule has 0 unspecified atom stereocenters. The molecule has 1 aromatic heterocycles. The minimum absolute atomic E-state index is 0.305. The van der Waals surface area contributed by atoms with Gasteiger partial charge in [-0.2, -0.15) is 0 Å². The highest BCUT2D eigenvalue weighted by atomic mass is 79.9. The van der Waals surface area contributed by atoms with Gasteiger partial charge < -0.3 is 5.32 Å².